The summed E-state index contributed by atoms with van der Waals surface area (Å²) >= 11 is 0. The zero-order valence-corrected chi connectivity index (χ0v) is 5.37. The molecule has 0 atom stereocenters. The van der Waals surface area contributed by atoms with Gasteiger partial charge in [0.05, 0.1) is 0 Å². The predicted octanol–water partition coefficient (Wildman–Crippen LogP) is -0.189. The second kappa shape index (κ2) is 2.60. The largest absolute Gasteiger partial charge is 0.289 e. The van der Waals surface area contributed by atoms with Crippen LogP contribution >= 0.6 is 0 Å². The van der Waals surface area contributed by atoms with Gasteiger partial charge in [0.2, 0.25) is 0 Å². The molecule has 0 aromatic rings. The van der Waals surface area contributed by atoms with E-state index in [1.807, 2.05) is 24.3 Å². The molecule has 2 aliphatic carbocycles. The zero-order valence-electron chi connectivity index (χ0n) is 5.37. The summed E-state index contributed by atoms with van der Waals surface area (Å²) in [6.07, 6.45) is 7.38. The Kier molecular flexibility index (Phi) is 1.80. The maximum Gasteiger partial charge on any atom is 0.193 e. The first-order valence-corrected chi connectivity index (χ1v) is 2.86. The Morgan fingerprint density at radius 2 is 1.40 bits per heavy atom. The molecule has 2 aliphatic rings. The highest BCUT2D eigenvalue weighted by Crippen LogP contribution is 2.23. The van der Waals surface area contributed by atoms with Crippen LogP contribution in [-0.4, -0.2) is 5.78 Å². The number of hydrogen-bond acceptors (Lipinski definition) is 3. The number of carbonyl (C=O) groups excluding carboxylic acids is 1. The van der Waals surface area contributed by atoms with Gasteiger partial charge in [-0.15, -0.1) is 0 Å². The minimum absolute atomic E-state index is 0.185. The van der Waals surface area contributed by atoms with Crippen LogP contribution in [0.2, 0.25) is 0 Å². The Hall–Kier alpha value is -1.19. The van der Waals surface area contributed by atoms with E-state index in [9.17, 15) is 4.79 Å². The van der Waals surface area contributed by atoms with Crippen molar-refractivity contribution in [2.24, 2.45) is 11.7 Å². The topological polar surface area (TPSA) is 69.1 Å². The molecule has 0 aromatic carbocycles. The van der Waals surface area contributed by atoms with Gasteiger partial charge in [0.25, 0.3) is 0 Å². The molecule has 2 bridgehead atoms. The SMILES string of the molecule is NN.O=C1C2=CC=C1C=C2. The van der Waals surface area contributed by atoms with Crippen LogP contribution in [0.5, 0.6) is 0 Å². The molecule has 0 saturated carbocycles. The highest BCUT2D eigenvalue weighted by atomic mass is 16.1. The fraction of sp³-hybridized carbons (Fsp3) is 0. The van der Waals surface area contributed by atoms with Gasteiger partial charge in [-0.3, -0.25) is 16.5 Å². The van der Waals surface area contributed by atoms with E-state index < -0.39 is 0 Å². The van der Waals surface area contributed by atoms with Gasteiger partial charge in [0.1, 0.15) is 0 Å². The first kappa shape index (κ1) is 6.92. The van der Waals surface area contributed by atoms with Crippen molar-refractivity contribution in [1.82, 2.24) is 0 Å². The summed E-state index contributed by atoms with van der Waals surface area (Å²) in [5.74, 6) is 8.19. The van der Waals surface area contributed by atoms with Crippen LogP contribution in [0.4, 0.5) is 0 Å². The van der Waals surface area contributed by atoms with Gasteiger partial charge < -0.3 is 0 Å². The number of allylic oxidation sites excluding steroid dienone is 6. The molecule has 4 N–H and O–H groups in total. The third kappa shape index (κ3) is 0.814. The monoisotopic (exact) mass is 136 g/mol. The molecule has 2 rings (SSSR count). The molecule has 0 radical (unpaired) electrons. The smallest absolute Gasteiger partial charge is 0.193 e. The van der Waals surface area contributed by atoms with E-state index in [1.165, 1.54) is 0 Å². The molecule has 0 heterocycles. The Morgan fingerprint density at radius 1 is 1.00 bits per heavy atom. The van der Waals surface area contributed by atoms with Crippen molar-refractivity contribution >= 4 is 5.78 Å². The fourth-order valence-corrected chi connectivity index (χ4v) is 0.940. The number of hydrazine groups is 1. The maximum absolute atomic E-state index is 10.8. The van der Waals surface area contributed by atoms with Crippen LogP contribution in [0.15, 0.2) is 35.5 Å². The molecule has 0 fully saturated rings. The molecule has 0 aromatic heterocycles. The number of rotatable bonds is 0. The number of hydrogen-bond donors (Lipinski definition) is 2. The van der Waals surface area contributed by atoms with Gasteiger partial charge in [-0.25, -0.2) is 0 Å². The minimum Gasteiger partial charge on any atom is -0.289 e. The number of ketones is 1. The lowest BCUT2D eigenvalue weighted by Crippen LogP contribution is -2.02. The summed E-state index contributed by atoms with van der Waals surface area (Å²) in [7, 11) is 0. The molecule has 0 amide bonds. The average molecular weight is 136 g/mol. The summed E-state index contributed by atoms with van der Waals surface area (Å²) in [5, 5.41) is 0. The average Bonchev–Trinajstić information content (AvgIpc) is 2.53. The molecule has 3 heteroatoms. The Morgan fingerprint density at radius 3 is 1.50 bits per heavy atom. The number of nitrogens with two attached hydrogens (primary N) is 2. The maximum atomic E-state index is 10.8. The van der Waals surface area contributed by atoms with E-state index in [-0.39, 0.29) is 5.78 Å². The molecule has 0 unspecified atom stereocenters. The third-order valence-electron chi connectivity index (χ3n) is 1.41. The molecule has 0 spiro atoms. The Labute approximate surface area is 58.7 Å². The fourth-order valence-electron chi connectivity index (χ4n) is 0.940. The van der Waals surface area contributed by atoms with Crippen LogP contribution < -0.4 is 11.7 Å². The van der Waals surface area contributed by atoms with Crippen LogP contribution in [0.1, 0.15) is 0 Å². The number of fused-ring (bicyclic) bond motifs is 2. The van der Waals surface area contributed by atoms with E-state index in [0.717, 1.165) is 11.1 Å². The van der Waals surface area contributed by atoms with E-state index in [1.54, 1.807) is 0 Å². The lowest BCUT2D eigenvalue weighted by Gasteiger charge is -1.78. The van der Waals surface area contributed by atoms with Gasteiger partial charge in [0.15, 0.2) is 5.78 Å². The summed E-state index contributed by atoms with van der Waals surface area (Å²) < 4.78 is 0. The predicted molar refractivity (Wildman–Crippen MR) is 38.7 cm³/mol. The second-order valence-electron chi connectivity index (χ2n) is 1.91. The van der Waals surface area contributed by atoms with E-state index in [4.69, 9.17) is 0 Å². The van der Waals surface area contributed by atoms with Crippen molar-refractivity contribution in [1.29, 1.82) is 0 Å². The normalized spacial score (nSPS) is 18.0. The minimum atomic E-state index is 0.185. The lowest BCUT2D eigenvalue weighted by atomic mass is 10.2. The first-order chi connectivity index (χ1) is 4.88. The summed E-state index contributed by atoms with van der Waals surface area (Å²) in [6, 6.07) is 0. The molecule has 10 heavy (non-hydrogen) atoms. The van der Waals surface area contributed by atoms with Crippen LogP contribution in [0.25, 0.3) is 0 Å². The number of carbonyl (C=O) groups is 1. The highest BCUT2D eigenvalue weighted by Gasteiger charge is 2.19. The standard InChI is InChI=1S/C7H4O.H4N2/c8-7-5-1-2-6(7)4-3-5;1-2/h1-4H;1-2H2. The molecule has 52 valence electrons. The van der Waals surface area contributed by atoms with Gasteiger partial charge in [0, 0.05) is 11.1 Å². The summed E-state index contributed by atoms with van der Waals surface area (Å²) in [5.41, 5.74) is 1.67. The summed E-state index contributed by atoms with van der Waals surface area (Å²) in [4.78, 5) is 10.8. The van der Waals surface area contributed by atoms with Crippen LogP contribution in [-0.2, 0) is 4.79 Å². The van der Waals surface area contributed by atoms with Crippen molar-refractivity contribution in [3.63, 3.8) is 0 Å². The molecule has 3 nitrogen and oxygen atoms in total. The molecular formula is C7H8N2O. The second-order valence-corrected chi connectivity index (χ2v) is 1.91. The van der Waals surface area contributed by atoms with Crippen molar-refractivity contribution in [2.75, 3.05) is 0 Å². The van der Waals surface area contributed by atoms with Gasteiger partial charge in [-0.1, -0.05) is 24.3 Å². The van der Waals surface area contributed by atoms with Crippen molar-refractivity contribution < 1.29 is 4.79 Å². The number of Topliss-reactive ketones (excluding diaryl/α,β-unsaturated/α-hetero) is 1. The highest BCUT2D eigenvalue weighted by molar-refractivity contribution is 6.17. The van der Waals surface area contributed by atoms with E-state index >= 15 is 0 Å². The van der Waals surface area contributed by atoms with Crippen molar-refractivity contribution in [3.05, 3.63) is 35.5 Å². The Bertz CT molecular complexity index is 224. The molecular weight excluding hydrogens is 128 g/mol. The summed E-state index contributed by atoms with van der Waals surface area (Å²) in [6.45, 7) is 0. The quantitative estimate of drug-likeness (QED) is 0.358. The van der Waals surface area contributed by atoms with E-state index in [0.29, 0.717) is 0 Å². The molecule has 0 saturated heterocycles. The Balaban J connectivity index is 0.000000231. The van der Waals surface area contributed by atoms with Gasteiger partial charge in [-0.05, 0) is 0 Å². The van der Waals surface area contributed by atoms with Crippen LogP contribution in [0.3, 0.4) is 0 Å². The van der Waals surface area contributed by atoms with E-state index in [2.05, 4.69) is 11.7 Å². The van der Waals surface area contributed by atoms with Crippen molar-refractivity contribution in [3.8, 4) is 0 Å². The molecule has 0 aliphatic heterocycles. The van der Waals surface area contributed by atoms with Crippen molar-refractivity contribution in [2.45, 2.75) is 0 Å². The lowest BCUT2D eigenvalue weighted by molar-refractivity contribution is -0.111. The van der Waals surface area contributed by atoms with Gasteiger partial charge >= 0.3 is 0 Å². The van der Waals surface area contributed by atoms with Crippen LogP contribution in [0, 0.1) is 0 Å². The van der Waals surface area contributed by atoms with Gasteiger partial charge in [-0.2, -0.15) is 0 Å². The first-order valence-electron chi connectivity index (χ1n) is 2.86. The third-order valence-corrected chi connectivity index (χ3v) is 1.41. The zero-order chi connectivity index (χ0) is 7.56.